The third-order valence-electron chi connectivity index (χ3n) is 1.69. The van der Waals surface area contributed by atoms with Crippen molar-refractivity contribution in [2.75, 3.05) is 0 Å². The van der Waals surface area contributed by atoms with Crippen LogP contribution in [0, 0.1) is 0 Å². The van der Waals surface area contributed by atoms with Crippen LogP contribution in [0.4, 0.5) is 0 Å². The molecule has 0 saturated heterocycles. The fraction of sp³-hybridized carbons (Fsp3) is 0.375. The first kappa shape index (κ1) is 15.6. The van der Waals surface area contributed by atoms with Crippen molar-refractivity contribution in [3.63, 3.8) is 0 Å². The molecule has 0 aliphatic rings. The molecule has 1 atom stereocenters. The van der Waals surface area contributed by atoms with Crippen molar-refractivity contribution in [3.8, 4) is 0 Å². The average Bonchev–Trinajstić information content (AvgIpc) is 2.07. The number of hydrogen-bond donors (Lipinski definition) is 1. The second-order valence-corrected chi connectivity index (χ2v) is 2.49. The number of aromatic nitrogens is 2. The van der Waals surface area contributed by atoms with E-state index in [2.05, 4.69) is 9.97 Å². The third kappa shape index (κ3) is 3.89. The van der Waals surface area contributed by atoms with Gasteiger partial charge in [-0.15, -0.1) is 24.8 Å². The quantitative estimate of drug-likeness (QED) is 0.862. The van der Waals surface area contributed by atoms with E-state index in [4.69, 9.17) is 5.73 Å². The summed E-state index contributed by atoms with van der Waals surface area (Å²) >= 11 is 0. The van der Waals surface area contributed by atoms with E-state index in [1.165, 1.54) is 0 Å². The molecule has 2 N–H and O–H groups in total. The lowest BCUT2D eigenvalue weighted by Crippen LogP contribution is -2.21. The van der Waals surface area contributed by atoms with Crippen LogP contribution in [0.15, 0.2) is 18.6 Å². The van der Waals surface area contributed by atoms with Gasteiger partial charge in [-0.3, -0.25) is 14.8 Å². The second kappa shape index (κ2) is 7.53. The van der Waals surface area contributed by atoms with Gasteiger partial charge in [0.25, 0.3) is 0 Å². The van der Waals surface area contributed by atoms with Gasteiger partial charge in [0.1, 0.15) is 0 Å². The Balaban J connectivity index is 0. The van der Waals surface area contributed by atoms with Gasteiger partial charge in [-0.25, -0.2) is 0 Å². The summed E-state index contributed by atoms with van der Waals surface area (Å²) in [6, 6.07) is 0. The third-order valence-corrected chi connectivity index (χ3v) is 1.69. The van der Waals surface area contributed by atoms with Crippen molar-refractivity contribution < 1.29 is 4.79 Å². The standard InChI is InChI=1S/C8H11N3O.2ClH/c1-2-6(8(9)12)7-5-10-3-4-11-7;;/h3-6H,2H2,1H3,(H2,9,12);2*1H. The molecule has 0 spiro atoms. The minimum atomic E-state index is -0.349. The Kier molecular flexibility index (Phi) is 8.38. The highest BCUT2D eigenvalue weighted by molar-refractivity contribution is 5.85. The zero-order chi connectivity index (χ0) is 8.97. The van der Waals surface area contributed by atoms with Crippen molar-refractivity contribution in [1.82, 2.24) is 9.97 Å². The number of amides is 1. The number of halogens is 2. The summed E-state index contributed by atoms with van der Waals surface area (Å²) in [5, 5.41) is 0. The number of primary amides is 1. The van der Waals surface area contributed by atoms with E-state index in [1.54, 1.807) is 18.6 Å². The lowest BCUT2D eigenvalue weighted by atomic mass is 10.0. The van der Waals surface area contributed by atoms with E-state index in [1.807, 2.05) is 6.92 Å². The molecule has 0 radical (unpaired) electrons. The summed E-state index contributed by atoms with van der Waals surface area (Å²) in [6.45, 7) is 1.89. The molecule has 6 heteroatoms. The molecule has 14 heavy (non-hydrogen) atoms. The van der Waals surface area contributed by atoms with Gasteiger partial charge in [-0.1, -0.05) is 6.92 Å². The van der Waals surface area contributed by atoms with Gasteiger partial charge in [0.2, 0.25) is 5.91 Å². The van der Waals surface area contributed by atoms with Gasteiger partial charge < -0.3 is 5.73 Å². The maximum absolute atomic E-state index is 10.9. The number of carbonyl (C=O) groups excluding carboxylic acids is 1. The Bertz CT molecular complexity index is 269. The number of rotatable bonds is 3. The number of hydrogen-bond acceptors (Lipinski definition) is 3. The van der Waals surface area contributed by atoms with Crippen LogP contribution in [0.3, 0.4) is 0 Å². The predicted octanol–water partition coefficient (Wildman–Crippen LogP) is 1.30. The van der Waals surface area contributed by atoms with Crippen LogP contribution >= 0.6 is 24.8 Å². The van der Waals surface area contributed by atoms with E-state index in [-0.39, 0.29) is 36.6 Å². The van der Waals surface area contributed by atoms with E-state index in [9.17, 15) is 4.79 Å². The minimum absolute atomic E-state index is 0. The van der Waals surface area contributed by atoms with Crippen molar-refractivity contribution in [2.45, 2.75) is 19.3 Å². The first-order chi connectivity index (χ1) is 5.75. The number of nitrogens with two attached hydrogens (primary N) is 1. The first-order valence-corrected chi connectivity index (χ1v) is 3.81. The van der Waals surface area contributed by atoms with Gasteiger partial charge >= 0.3 is 0 Å². The normalized spacial score (nSPS) is 10.6. The Morgan fingerprint density at radius 3 is 2.50 bits per heavy atom. The summed E-state index contributed by atoms with van der Waals surface area (Å²) in [6.07, 6.45) is 5.35. The van der Waals surface area contributed by atoms with Crippen LogP contribution in [-0.2, 0) is 4.79 Å². The van der Waals surface area contributed by atoms with Crippen LogP contribution in [0.1, 0.15) is 25.0 Å². The van der Waals surface area contributed by atoms with Gasteiger partial charge in [-0.05, 0) is 6.42 Å². The molecule has 1 heterocycles. The van der Waals surface area contributed by atoms with Crippen molar-refractivity contribution in [2.24, 2.45) is 5.73 Å². The van der Waals surface area contributed by atoms with Gasteiger partial charge in [-0.2, -0.15) is 0 Å². The van der Waals surface area contributed by atoms with E-state index in [0.717, 1.165) is 0 Å². The molecule has 1 unspecified atom stereocenters. The highest BCUT2D eigenvalue weighted by Gasteiger charge is 2.16. The van der Waals surface area contributed by atoms with Crippen LogP contribution < -0.4 is 5.73 Å². The molecular weight excluding hydrogens is 225 g/mol. The molecule has 4 nitrogen and oxygen atoms in total. The molecule has 0 aliphatic heterocycles. The highest BCUT2D eigenvalue weighted by Crippen LogP contribution is 2.14. The Hall–Kier alpha value is -0.870. The zero-order valence-electron chi connectivity index (χ0n) is 7.71. The largest absolute Gasteiger partial charge is 0.369 e. The molecule has 1 aromatic rings. The van der Waals surface area contributed by atoms with E-state index in [0.29, 0.717) is 12.1 Å². The maximum atomic E-state index is 10.9. The maximum Gasteiger partial charge on any atom is 0.226 e. The molecule has 1 aromatic heterocycles. The lowest BCUT2D eigenvalue weighted by molar-refractivity contribution is -0.119. The van der Waals surface area contributed by atoms with Crippen molar-refractivity contribution in [1.29, 1.82) is 0 Å². The van der Waals surface area contributed by atoms with Crippen LogP contribution in [0.2, 0.25) is 0 Å². The van der Waals surface area contributed by atoms with E-state index < -0.39 is 0 Å². The van der Waals surface area contributed by atoms with Crippen molar-refractivity contribution >= 4 is 30.7 Å². The average molecular weight is 238 g/mol. The summed E-state index contributed by atoms with van der Waals surface area (Å²) in [5.74, 6) is -0.656. The molecule has 1 amide bonds. The molecule has 0 bridgehead atoms. The summed E-state index contributed by atoms with van der Waals surface area (Å²) in [5.41, 5.74) is 5.82. The molecule has 0 aromatic carbocycles. The van der Waals surface area contributed by atoms with Gasteiger partial charge in [0, 0.05) is 18.6 Å². The summed E-state index contributed by atoms with van der Waals surface area (Å²) in [4.78, 5) is 18.8. The Morgan fingerprint density at radius 1 is 1.50 bits per heavy atom. The van der Waals surface area contributed by atoms with Gasteiger partial charge in [0.05, 0.1) is 11.6 Å². The minimum Gasteiger partial charge on any atom is -0.369 e. The fourth-order valence-electron chi connectivity index (χ4n) is 1.05. The Labute approximate surface area is 95.1 Å². The van der Waals surface area contributed by atoms with Crippen molar-refractivity contribution in [3.05, 3.63) is 24.3 Å². The topological polar surface area (TPSA) is 68.9 Å². The lowest BCUT2D eigenvalue weighted by Gasteiger charge is -2.07. The molecule has 1 rings (SSSR count). The first-order valence-electron chi connectivity index (χ1n) is 3.81. The SMILES string of the molecule is CCC(C(N)=O)c1cnccn1.Cl.Cl. The molecule has 0 saturated carbocycles. The summed E-state index contributed by atoms with van der Waals surface area (Å²) < 4.78 is 0. The molecule has 0 aliphatic carbocycles. The smallest absolute Gasteiger partial charge is 0.226 e. The summed E-state index contributed by atoms with van der Waals surface area (Å²) in [7, 11) is 0. The highest BCUT2D eigenvalue weighted by atomic mass is 35.5. The zero-order valence-corrected chi connectivity index (χ0v) is 9.35. The molecular formula is C8H13Cl2N3O. The second-order valence-electron chi connectivity index (χ2n) is 2.49. The number of carbonyl (C=O) groups is 1. The van der Waals surface area contributed by atoms with Gasteiger partial charge in [0.15, 0.2) is 0 Å². The number of nitrogens with zero attached hydrogens (tertiary/aromatic N) is 2. The predicted molar refractivity (Wildman–Crippen MR) is 58.8 cm³/mol. The van der Waals surface area contributed by atoms with E-state index >= 15 is 0 Å². The van der Waals surface area contributed by atoms with Crippen LogP contribution in [0.5, 0.6) is 0 Å². The molecule has 80 valence electrons. The van der Waals surface area contributed by atoms with Crippen LogP contribution in [0.25, 0.3) is 0 Å². The monoisotopic (exact) mass is 237 g/mol. The Morgan fingerprint density at radius 2 is 2.14 bits per heavy atom. The van der Waals surface area contributed by atoms with Crippen LogP contribution in [-0.4, -0.2) is 15.9 Å². The fourth-order valence-corrected chi connectivity index (χ4v) is 1.05. The molecule has 0 fully saturated rings.